The number of nitrogens with two attached hydrogens (primary N) is 1. The van der Waals surface area contributed by atoms with Gasteiger partial charge in [0.25, 0.3) is 0 Å². The van der Waals surface area contributed by atoms with Crippen molar-refractivity contribution in [3.63, 3.8) is 0 Å². The van der Waals surface area contributed by atoms with Gasteiger partial charge < -0.3 is 31.2 Å². The molecule has 4 aromatic rings. The van der Waals surface area contributed by atoms with Gasteiger partial charge in [0, 0.05) is 12.8 Å². The van der Waals surface area contributed by atoms with E-state index in [1.54, 1.807) is 69.3 Å². The SMILES string of the molecule is CC(C)(C)OC(=O)N[C@@H](Cc1ccccc1)C(=O)N[C@@H](CC(=O)OCc1ccccc1)C(=O)N[C@@H](Cc1cccc2ccccc12)C(N)=O. The van der Waals surface area contributed by atoms with Crippen molar-refractivity contribution in [2.24, 2.45) is 5.73 Å². The Balaban J connectivity index is 1.56. The number of carbonyl (C=O) groups excluding carboxylic acids is 5. The zero-order valence-corrected chi connectivity index (χ0v) is 27.8. The lowest BCUT2D eigenvalue weighted by molar-refractivity contribution is -0.147. The number of nitrogens with one attached hydrogen (secondary N) is 3. The number of amides is 4. The quantitative estimate of drug-likeness (QED) is 0.147. The highest BCUT2D eigenvalue weighted by Crippen LogP contribution is 2.20. The Morgan fingerprint density at radius 1 is 0.653 bits per heavy atom. The fourth-order valence-corrected chi connectivity index (χ4v) is 5.14. The molecule has 11 heteroatoms. The second-order valence-electron chi connectivity index (χ2n) is 12.6. The average Bonchev–Trinajstić information content (AvgIpc) is 3.06. The third-order valence-corrected chi connectivity index (χ3v) is 7.50. The topological polar surface area (TPSA) is 166 Å². The van der Waals surface area contributed by atoms with Crippen LogP contribution in [0.5, 0.6) is 0 Å². The number of carbonyl (C=O) groups is 5. The van der Waals surface area contributed by atoms with E-state index in [0.29, 0.717) is 0 Å². The summed E-state index contributed by atoms with van der Waals surface area (Å²) in [4.78, 5) is 66.0. The second-order valence-corrected chi connectivity index (χ2v) is 12.6. The van der Waals surface area contributed by atoms with Gasteiger partial charge in [-0.15, -0.1) is 0 Å². The first-order valence-corrected chi connectivity index (χ1v) is 16.0. The molecule has 256 valence electrons. The van der Waals surface area contributed by atoms with Gasteiger partial charge in [-0.3, -0.25) is 19.2 Å². The molecule has 0 bridgehead atoms. The molecule has 0 saturated carbocycles. The first-order chi connectivity index (χ1) is 23.4. The Morgan fingerprint density at radius 3 is 1.88 bits per heavy atom. The molecule has 0 saturated heterocycles. The predicted molar refractivity (Wildman–Crippen MR) is 185 cm³/mol. The minimum atomic E-state index is -1.48. The summed E-state index contributed by atoms with van der Waals surface area (Å²) in [5, 5.41) is 9.64. The molecule has 3 atom stereocenters. The average molecular weight is 667 g/mol. The number of alkyl carbamates (subject to hydrolysis) is 1. The van der Waals surface area contributed by atoms with E-state index in [4.69, 9.17) is 15.2 Å². The van der Waals surface area contributed by atoms with E-state index in [9.17, 15) is 24.0 Å². The van der Waals surface area contributed by atoms with Crippen molar-refractivity contribution in [2.45, 2.75) is 70.4 Å². The van der Waals surface area contributed by atoms with Crippen molar-refractivity contribution in [1.29, 1.82) is 0 Å². The lowest BCUT2D eigenvalue weighted by atomic mass is 9.98. The number of hydrogen-bond donors (Lipinski definition) is 4. The number of benzene rings is 4. The van der Waals surface area contributed by atoms with Crippen molar-refractivity contribution in [3.8, 4) is 0 Å². The van der Waals surface area contributed by atoms with Gasteiger partial charge in [-0.2, -0.15) is 0 Å². The number of fused-ring (bicyclic) bond motifs is 1. The number of ether oxygens (including phenoxy) is 2. The zero-order chi connectivity index (χ0) is 35.4. The number of rotatable bonds is 14. The van der Waals surface area contributed by atoms with Crippen LogP contribution in [0, 0.1) is 0 Å². The van der Waals surface area contributed by atoms with E-state index in [1.165, 1.54) is 0 Å². The summed E-state index contributed by atoms with van der Waals surface area (Å²) < 4.78 is 10.8. The third kappa shape index (κ3) is 11.5. The summed E-state index contributed by atoms with van der Waals surface area (Å²) in [6.07, 6.45) is -1.27. The highest BCUT2D eigenvalue weighted by Gasteiger charge is 2.32. The van der Waals surface area contributed by atoms with Crippen LogP contribution in [-0.2, 0) is 48.1 Å². The van der Waals surface area contributed by atoms with Crippen LogP contribution in [0.2, 0.25) is 0 Å². The standard InChI is InChI=1S/C38H42N4O7/c1-38(2,3)49-37(47)42-31(21-25-13-6-4-7-14-25)35(45)41-32(23-33(43)48-24-26-15-8-5-9-16-26)36(46)40-30(34(39)44)22-28-19-12-18-27-17-10-11-20-29(27)28/h4-20,30-32H,21-24H2,1-3H3,(H2,39,44)(H,40,46)(H,41,45)(H,42,47)/t30-,31-,32-/m0/s1. The van der Waals surface area contributed by atoms with Crippen LogP contribution < -0.4 is 21.7 Å². The molecule has 0 aromatic heterocycles. The van der Waals surface area contributed by atoms with Crippen LogP contribution in [0.4, 0.5) is 4.79 Å². The van der Waals surface area contributed by atoms with Crippen LogP contribution in [0.3, 0.4) is 0 Å². The van der Waals surface area contributed by atoms with Crippen molar-refractivity contribution in [3.05, 3.63) is 120 Å². The van der Waals surface area contributed by atoms with Gasteiger partial charge in [-0.1, -0.05) is 103 Å². The molecule has 49 heavy (non-hydrogen) atoms. The summed E-state index contributed by atoms with van der Waals surface area (Å²) in [5.74, 6) is -3.15. The van der Waals surface area contributed by atoms with Gasteiger partial charge in [0.05, 0.1) is 6.42 Å². The number of hydrogen-bond acceptors (Lipinski definition) is 7. The molecule has 4 aromatic carbocycles. The minimum Gasteiger partial charge on any atom is -0.461 e. The summed E-state index contributed by atoms with van der Waals surface area (Å²) in [5.41, 5.74) is 7.13. The maximum Gasteiger partial charge on any atom is 0.408 e. The Labute approximate surface area is 285 Å². The molecular weight excluding hydrogens is 624 g/mol. The fraction of sp³-hybridized carbons (Fsp3) is 0.289. The molecule has 0 aliphatic rings. The molecule has 0 aliphatic carbocycles. The molecule has 0 spiro atoms. The van der Waals surface area contributed by atoms with Gasteiger partial charge in [0.15, 0.2) is 0 Å². The van der Waals surface area contributed by atoms with E-state index < -0.39 is 59.9 Å². The predicted octanol–water partition coefficient (Wildman–Crippen LogP) is 4.11. The Bertz CT molecular complexity index is 1750. The van der Waals surface area contributed by atoms with Crippen molar-refractivity contribution in [1.82, 2.24) is 16.0 Å². The van der Waals surface area contributed by atoms with Crippen molar-refractivity contribution in [2.75, 3.05) is 0 Å². The molecule has 4 rings (SSSR count). The Hall–Kier alpha value is -5.71. The van der Waals surface area contributed by atoms with Gasteiger partial charge in [0.1, 0.15) is 30.3 Å². The largest absolute Gasteiger partial charge is 0.461 e. The molecule has 0 unspecified atom stereocenters. The lowest BCUT2D eigenvalue weighted by Crippen LogP contribution is -2.57. The van der Waals surface area contributed by atoms with Gasteiger partial charge in [0.2, 0.25) is 17.7 Å². The minimum absolute atomic E-state index is 0.0518. The van der Waals surface area contributed by atoms with E-state index in [2.05, 4.69) is 16.0 Å². The summed E-state index contributed by atoms with van der Waals surface area (Å²) >= 11 is 0. The van der Waals surface area contributed by atoms with Gasteiger partial charge in [-0.05, 0) is 48.2 Å². The van der Waals surface area contributed by atoms with Crippen molar-refractivity contribution < 1.29 is 33.4 Å². The normalized spacial score (nSPS) is 13.0. The highest BCUT2D eigenvalue weighted by atomic mass is 16.6. The smallest absolute Gasteiger partial charge is 0.408 e. The molecule has 4 amide bonds. The first-order valence-electron chi connectivity index (χ1n) is 16.0. The Kier molecular flexibility index (Phi) is 12.5. The van der Waals surface area contributed by atoms with E-state index >= 15 is 0 Å². The first kappa shape index (κ1) is 36.1. The summed E-state index contributed by atoms with van der Waals surface area (Å²) in [6, 6.07) is 27.3. The van der Waals surface area contributed by atoms with Gasteiger partial charge in [-0.25, -0.2) is 4.79 Å². The molecular formula is C38H42N4O7. The molecule has 11 nitrogen and oxygen atoms in total. The Morgan fingerprint density at radius 2 is 1.22 bits per heavy atom. The van der Waals surface area contributed by atoms with Crippen LogP contribution in [0.25, 0.3) is 10.8 Å². The van der Waals surface area contributed by atoms with Crippen molar-refractivity contribution >= 4 is 40.6 Å². The summed E-state index contributed by atoms with van der Waals surface area (Å²) in [7, 11) is 0. The summed E-state index contributed by atoms with van der Waals surface area (Å²) in [6.45, 7) is 5.01. The van der Waals surface area contributed by atoms with E-state index in [-0.39, 0.29) is 19.4 Å². The monoisotopic (exact) mass is 666 g/mol. The number of primary amides is 1. The maximum absolute atomic E-state index is 13.8. The molecule has 0 heterocycles. The third-order valence-electron chi connectivity index (χ3n) is 7.50. The fourth-order valence-electron chi connectivity index (χ4n) is 5.14. The molecule has 0 aliphatic heterocycles. The van der Waals surface area contributed by atoms with Crippen LogP contribution >= 0.6 is 0 Å². The zero-order valence-electron chi connectivity index (χ0n) is 27.8. The van der Waals surface area contributed by atoms with Gasteiger partial charge >= 0.3 is 12.1 Å². The number of esters is 1. The van der Waals surface area contributed by atoms with Crippen LogP contribution in [-0.4, -0.2) is 53.5 Å². The van der Waals surface area contributed by atoms with Crippen LogP contribution in [0.1, 0.15) is 43.9 Å². The highest BCUT2D eigenvalue weighted by molar-refractivity contribution is 5.96. The maximum atomic E-state index is 13.8. The van der Waals surface area contributed by atoms with E-state index in [1.807, 2.05) is 54.6 Å². The molecule has 5 N–H and O–H groups in total. The second kappa shape index (κ2) is 16.9. The lowest BCUT2D eigenvalue weighted by Gasteiger charge is -2.26. The van der Waals surface area contributed by atoms with Crippen LogP contribution in [0.15, 0.2) is 103 Å². The molecule has 0 fully saturated rings. The van der Waals surface area contributed by atoms with E-state index in [0.717, 1.165) is 27.5 Å². The molecule has 0 radical (unpaired) electrons.